The van der Waals surface area contributed by atoms with Gasteiger partial charge in [0.05, 0.1) is 30.3 Å². The van der Waals surface area contributed by atoms with Crippen molar-refractivity contribution in [2.75, 3.05) is 12.0 Å². The predicted molar refractivity (Wildman–Crippen MR) is 91.1 cm³/mol. The van der Waals surface area contributed by atoms with Crippen LogP contribution in [0.15, 0.2) is 29.0 Å². The van der Waals surface area contributed by atoms with Crippen LogP contribution < -0.4 is 4.90 Å². The molecule has 4 nitrogen and oxygen atoms in total. The molecule has 1 aromatic carbocycles. The number of nitrogens with zero attached hydrogens (tertiary/aromatic N) is 1. The Morgan fingerprint density at radius 2 is 2.04 bits per heavy atom. The Labute approximate surface area is 139 Å². The standard InChI is InChI=1S/C18H19NO3S/c1-11-13(16(20)22-4)5-6-14-15(11)19(17(21)18(14,2)3)9-12-7-8-23-10-12/h5-8,10H,9H2,1-4H3. The van der Waals surface area contributed by atoms with Crippen LogP contribution in [0.2, 0.25) is 0 Å². The van der Waals surface area contributed by atoms with Crippen molar-refractivity contribution in [2.45, 2.75) is 32.7 Å². The zero-order valence-corrected chi connectivity index (χ0v) is 14.5. The van der Waals surface area contributed by atoms with E-state index in [4.69, 9.17) is 4.74 Å². The number of hydrogen-bond donors (Lipinski definition) is 0. The van der Waals surface area contributed by atoms with Gasteiger partial charge in [0.15, 0.2) is 0 Å². The molecule has 3 rings (SSSR count). The summed E-state index contributed by atoms with van der Waals surface area (Å²) >= 11 is 1.61. The monoisotopic (exact) mass is 329 g/mol. The van der Waals surface area contributed by atoms with Gasteiger partial charge in [-0.2, -0.15) is 11.3 Å². The third-order valence-corrected chi connectivity index (χ3v) is 5.21. The summed E-state index contributed by atoms with van der Waals surface area (Å²) in [7, 11) is 1.37. The highest BCUT2D eigenvalue weighted by atomic mass is 32.1. The molecule has 120 valence electrons. The van der Waals surface area contributed by atoms with Crippen molar-refractivity contribution >= 4 is 28.9 Å². The maximum atomic E-state index is 12.9. The third-order valence-electron chi connectivity index (χ3n) is 4.48. The zero-order chi connectivity index (χ0) is 16.8. The number of ether oxygens (including phenoxy) is 1. The van der Waals surface area contributed by atoms with Crippen LogP contribution in [0.3, 0.4) is 0 Å². The number of thiophene rings is 1. The fourth-order valence-electron chi connectivity index (χ4n) is 3.15. The van der Waals surface area contributed by atoms with Gasteiger partial charge in [0.2, 0.25) is 5.91 Å². The highest BCUT2D eigenvalue weighted by Crippen LogP contribution is 2.45. The van der Waals surface area contributed by atoms with Crippen molar-refractivity contribution in [3.63, 3.8) is 0 Å². The molecule has 2 heterocycles. The Kier molecular flexibility index (Phi) is 3.76. The lowest BCUT2D eigenvalue weighted by molar-refractivity contribution is -0.122. The summed E-state index contributed by atoms with van der Waals surface area (Å²) in [6.45, 7) is 6.25. The van der Waals surface area contributed by atoms with E-state index in [-0.39, 0.29) is 11.9 Å². The fraction of sp³-hybridized carbons (Fsp3) is 0.333. The average Bonchev–Trinajstić information content (AvgIpc) is 3.09. The molecule has 0 unspecified atom stereocenters. The summed E-state index contributed by atoms with van der Waals surface area (Å²) in [5, 5.41) is 4.04. The molecule has 0 fully saturated rings. The minimum Gasteiger partial charge on any atom is -0.465 e. The normalized spacial score (nSPS) is 15.7. The Hall–Kier alpha value is -2.14. The molecular weight excluding hydrogens is 310 g/mol. The van der Waals surface area contributed by atoms with Crippen molar-refractivity contribution in [3.05, 3.63) is 51.2 Å². The molecular formula is C18H19NO3S. The van der Waals surface area contributed by atoms with Crippen LogP contribution in [-0.4, -0.2) is 19.0 Å². The number of rotatable bonds is 3. The second kappa shape index (κ2) is 5.49. The van der Waals surface area contributed by atoms with Crippen molar-refractivity contribution in [3.8, 4) is 0 Å². The molecule has 23 heavy (non-hydrogen) atoms. The minimum atomic E-state index is -0.592. The molecule has 0 radical (unpaired) electrons. The molecule has 0 atom stereocenters. The lowest BCUT2D eigenvalue weighted by Gasteiger charge is -2.21. The predicted octanol–water partition coefficient (Wildman–Crippen LogP) is 3.67. The summed E-state index contributed by atoms with van der Waals surface area (Å²) < 4.78 is 4.86. The number of methoxy groups -OCH3 is 1. The van der Waals surface area contributed by atoms with E-state index in [0.29, 0.717) is 12.1 Å². The van der Waals surface area contributed by atoms with Gasteiger partial charge in [-0.1, -0.05) is 6.07 Å². The Morgan fingerprint density at radius 3 is 2.65 bits per heavy atom. The topological polar surface area (TPSA) is 46.6 Å². The Balaban J connectivity index is 2.15. The summed E-state index contributed by atoms with van der Waals surface area (Å²) in [5.74, 6) is -0.318. The maximum Gasteiger partial charge on any atom is 0.338 e. The SMILES string of the molecule is COC(=O)c1ccc2c(c1C)N(Cc1ccsc1)C(=O)C2(C)C. The second-order valence-corrected chi connectivity index (χ2v) is 7.05. The zero-order valence-electron chi connectivity index (χ0n) is 13.7. The molecule has 2 aromatic rings. The smallest absolute Gasteiger partial charge is 0.338 e. The van der Waals surface area contributed by atoms with Gasteiger partial charge in [0, 0.05) is 0 Å². The first-order valence-corrected chi connectivity index (χ1v) is 8.37. The van der Waals surface area contributed by atoms with Gasteiger partial charge in [-0.25, -0.2) is 4.79 Å². The van der Waals surface area contributed by atoms with E-state index in [1.165, 1.54) is 7.11 Å². The van der Waals surface area contributed by atoms with Crippen LogP contribution in [0, 0.1) is 6.92 Å². The van der Waals surface area contributed by atoms with E-state index >= 15 is 0 Å². The van der Waals surface area contributed by atoms with Gasteiger partial charge in [-0.05, 0) is 60.4 Å². The lowest BCUT2D eigenvalue weighted by Crippen LogP contribution is -2.35. The molecule has 0 saturated heterocycles. The number of benzene rings is 1. The molecule has 1 aromatic heterocycles. The summed E-state index contributed by atoms with van der Waals surface area (Å²) in [5.41, 5.74) is 3.60. The van der Waals surface area contributed by atoms with Gasteiger partial charge in [-0.15, -0.1) is 0 Å². The highest BCUT2D eigenvalue weighted by Gasteiger charge is 2.45. The van der Waals surface area contributed by atoms with Crippen LogP contribution in [0.4, 0.5) is 5.69 Å². The fourth-order valence-corrected chi connectivity index (χ4v) is 3.81. The van der Waals surface area contributed by atoms with Gasteiger partial charge in [-0.3, -0.25) is 4.79 Å². The molecule has 5 heteroatoms. The Morgan fingerprint density at radius 1 is 1.30 bits per heavy atom. The molecule has 0 bridgehead atoms. The van der Waals surface area contributed by atoms with Crippen LogP contribution in [0.5, 0.6) is 0 Å². The molecule has 0 N–H and O–H groups in total. The van der Waals surface area contributed by atoms with Crippen molar-refractivity contribution in [2.24, 2.45) is 0 Å². The largest absolute Gasteiger partial charge is 0.465 e. The highest BCUT2D eigenvalue weighted by molar-refractivity contribution is 7.07. The maximum absolute atomic E-state index is 12.9. The van der Waals surface area contributed by atoms with Crippen molar-refractivity contribution in [1.82, 2.24) is 0 Å². The average molecular weight is 329 g/mol. The lowest BCUT2D eigenvalue weighted by atomic mass is 9.85. The minimum absolute atomic E-state index is 0.0591. The van der Waals surface area contributed by atoms with E-state index in [1.807, 2.05) is 43.7 Å². The van der Waals surface area contributed by atoms with Gasteiger partial charge >= 0.3 is 5.97 Å². The van der Waals surface area contributed by atoms with Crippen molar-refractivity contribution < 1.29 is 14.3 Å². The summed E-state index contributed by atoms with van der Waals surface area (Å²) in [6.07, 6.45) is 0. The van der Waals surface area contributed by atoms with E-state index < -0.39 is 5.41 Å². The number of carbonyl (C=O) groups is 2. The molecule has 0 aliphatic carbocycles. The molecule has 1 aliphatic heterocycles. The first kappa shape index (κ1) is 15.7. The molecule has 0 spiro atoms. The summed E-state index contributed by atoms with van der Waals surface area (Å²) in [6, 6.07) is 5.64. The van der Waals surface area contributed by atoms with Crippen LogP contribution in [0.25, 0.3) is 0 Å². The number of amides is 1. The van der Waals surface area contributed by atoms with Crippen LogP contribution in [-0.2, 0) is 21.5 Å². The number of carbonyl (C=O) groups excluding carboxylic acids is 2. The molecule has 1 amide bonds. The van der Waals surface area contributed by atoms with E-state index in [9.17, 15) is 9.59 Å². The molecule has 1 aliphatic rings. The number of hydrogen-bond acceptors (Lipinski definition) is 4. The van der Waals surface area contributed by atoms with E-state index in [0.717, 1.165) is 22.4 Å². The van der Waals surface area contributed by atoms with Crippen LogP contribution in [0.1, 0.15) is 40.9 Å². The first-order valence-electron chi connectivity index (χ1n) is 7.43. The second-order valence-electron chi connectivity index (χ2n) is 6.27. The first-order chi connectivity index (χ1) is 10.9. The Bertz CT molecular complexity index is 778. The van der Waals surface area contributed by atoms with Crippen LogP contribution >= 0.6 is 11.3 Å². The van der Waals surface area contributed by atoms with Gasteiger partial charge in [0.1, 0.15) is 0 Å². The third kappa shape index (κ3) is 2.36. The number of fused-ring (bicyclic) bond motifs is 1. The van der Waals surface area contributed by atoms with E-state index in [1.54, 1.807) is 22.3 Å². The van der Waals surface area contributed by atoms with Gasteiger partial charge in [0.25, 0.3) is 0 Å². The van der Waals surface area contributed by atoms with Gasteiger partial charge < -0.3 is 9.64 Å². The summed E-state index contributed by atoms with van der Waals surface area (Å²) in [4.78, 5) is 26.7. The number of anilines is 1. The van der Waals surface area contributed by atoms with Crippen molar-refractivity contribution in [1.29, 1.82) is 0 Å². The quantitative estimate of drug-likeness (QED) is 0.807. The van der Waals surface area contributed by atoms with E-state index in [2.05, 4.69) is 0 Å². The number of esters is 1. The molecule has 0 saturated carbocycles.